The number of hydrogen-bond donors (Lipinski definition) is 1. The van der Waals surface area contributed by atoms with Crippen LogP contribution in [-0.4, -0.2) is 17.5 Å². The van der Waals surface area contributed by atoms with Crippen LogP contribution < -0.4 is 10.5 Å². The molecule has 21 heavy (non-hydrogen) atoms. The highest BCUT2D eigenvalue weighted by Crippen LogP contribution is 2.31. The lowest BCUT2D eigenvalue weighted by Gasteiger charge is -2.19. The van der Waals surface area contributed by atoms with Crippen LogP contribution in [0.15, 0.2) is 36.4 Å². The van der Waals surface area contributed by atoms with Crippen molar-refractivity contribution in [1.82, 2.24) is 4.90 Å². The first-order valence-electron chi connectivity index (χ1n) is 7.22. The topological polar surface area (TPSA) is 38.5 Å². The standard InChI is InChI=1S/C17H17FN2O/c18-14-2-4-17-12(5-14)7-16(21-17)10-20-8-11-1-3-15(19)6-13(11)9-20/h1-6,16H,7-10,19H2. The zero-order chi connectivity index (χ0) is 14.4. The van der Waals surface area contributed by atoms with E-state index in [0.717, 1.165) is 43.1 Å². The minimum Gasteiger partial charge on any atom is -0.488 e. The molecule has 3 nitrogen and oxygen atoms in total. The maximum absolute atomic E-state index is 13.2. The van der Waals surface area contributed by atoms with Crippen LogP contribution in [0.25, 0.3) is 0 Å². The molecule has 2 heterocycles. The average Bonchev–Trinajstić information content (AvgIpc) is 3.00. The molecule has 0 bridgehead atoms. The van der Waals surface area contributed by atoms with Crippen LogP contribution >= 0.6 is 0 Å². The Morgan fingerprint density at radius 3 is 2.86 bits per heavy atom. The molecule has 0 saturated heterocycles. The molecule has 1 unspecified atom stereocenters. The average molecular weight is 284 g/mol. The van der Waals surface area contributed by atoms with E-state index in [9.17, 15) is 4.39 Å². The number of nitrogens with zero attached hydrogens (tertiary/aromatic N) is 1. The summed E-state index contributed by atoms with van der Waals surface area (Å²) in [5.74, 6) is 0.629. The summed E-state index contributed by atoms with van der Waals surface area (Å²) in [4.78, 5) is 2.36. The van der Waals surface area contributed by atoms with Gasteiger partial charge in [-0.1, -0.05) is 6.07 Å². The summed E-state index contributed by atoms with van der Waals surface area (Å²) >= 11 is 0. The van der Waals surface area contributed by atoms with Crippen LogP contribution in [0, 0.1) is 5.82 Å². The van der Waals surface area contributed by atoms with Crippen molar-refractivity contribution in [1.29, 1.82) is 0 Å². The van der Waals surface area contributed by atoms with Crippen molar-refractivity contribution in [2.24, 2.45) is 0 Å². The zero-order valence-electron chi connectivity index (χ0n) is 11.7. The van der Waals surface area contributed by atoms with Crippen molar-refractivity contribution >= 4 is 5.69 Å². The predicted molar refractivity (Wildman–Crippen MR) is 79.5 cm³/mol. The van der Waals surface area contributed by atoms with E-state index in [-0.39, 0.29) is 11.9 Å². The number of benzene rings is 2. The smallest absolute Gasteiger partial charge is 0.123 e. The minimum absolute atomic E-state index is 0.105. The van der Waals surface area contributed by atoms with Gasteiger partial charge in [-0.3, -0.25) is 4.90 Å². The van der Waals surface area contributed by atoms with Gasteiger partial charge in [-0.05, 0) is 41.5 Å². The second-order valence-electron chi connectivity index (χ2n) is 5.89. The predicted octanol–water partition coefficient (Wildman–Crippen LogP) is 2.73. The third-order valence-corrected chi connectivity index (χ3v) is 4.24. The van der Waals surface area contributed by atoms with Crippen molar-refractivity contribution in [2.45, 2.75) is 25.6 Å². The lowest BCUT2D eigenvalue weighted by Crippen LogP contribution is -2.31. The SMILES string of the molecule is Nc1ccc2c(c1)CN(CC1Cc3cc(F)ccc3O1)C2. The molecule has 2 aromatic rings. The summed E-state index contributed by atoms with van der Waals surface area (Å²) < 4.78 is 19.1. The summed E-state index contributed by atoms with van der Waals surface area (Å²) in [7, 11) is 0. The van der Waals surface area contributed by atoms with Gasteiger partial charge in [0.05, 0.1) is 0 Å². The number of rotatable bonds is 2. The molecule has 2 aromatic carbocycles. The number of nitrogen functional groups attached to an aromatic ring is 1. The number of halogens is 1. The third kappa shape index (κ3) is 2.36. The Morgan fingerprint density at radius 2 is 1.95 bits per heavy atom. The molecular formula is C17H17FN2O. The number of nitrogens with two attached hydrogens (primary N) is 1. The fourth-order valence-electron chi connectivity index (χ4n) is 3.29. The Hall–Kier alpha value is -2.07. The number of ether oxygens (including phenoxy) is 1. The molecule has 0 saturated carbocycles. The van der Waals surface area contributed by atoms with Crippen molar-refractivity contribution < 1.29 is 9.13 Å². The van der Waals surface area contributed by atoms with E-state index in [1.54, 1.807) is 12.1 Å². The molecule has 1 atom stereocenters. The Morgan fingerprint density at radius 1 is 1.10 bits per heavy atom. The number of anilines is 1. The van der Waals surface area contributed by atoms with E-state index in [1.165, 1.54) is 17.2 Å². The Bertz CT molecular complexity index is 642. The van der Waals surface area contributed by atoms with Crippen LogP contribution in [0.1, 0.15) is 16.7 Å². The maximum atomic E-state index is 13.2. The molecule has 0 amide bonds. The van der Waals surface area contributed by atoms with Crippen LogP contribution in [0.5, 0.6) is 5.75 Å². The van der Waals surface area contributed by atoms with E-state index < -0.39 is 0 Å². The normalized spacial score (nSPS) is 20.1. The van der Waals surface area contributed by atoms with Crippen LogP contribution in [0.3, 0.4) is 0 Å². The molecule has 108 valence electrons. The van der Waals surface area contributed by atoms with E-state index >= 15 is 0 Å². The monoisotopic (exact) mass is 284 g/mol. The highest BCUT2D eigenvalue weighted by atomic mass is 19.1. The lowest BCUT2D eigenvalue weighted by molar-refractivity contribution is 0.150. The van der Waals surface area contributed by atoms with Crippen molar-refractivity contribution in [3.8, 4) is 5.75 Å². The van der Waals surface area contributed by atoms with Gasteiger partial charge in [-0.15, -0.1) is 0 Å². The van der Waals surface area contributed by atoms with Gasteiger partial charge in [-0.25, -0.2) is 4.39 Å². The van der Waals surface area contributed by atoms with E-state index in [0.29, 0.717) is 0 Å². The highest BCUT2D eigenvalue weighted by molar-refractivity contribution is 5.46. The molecule has 2 N–H and O–H groups in total. The van der Waals surface area contributed by atoms with Gasteiger partial charge in [0.2, 0.25) is 0 Å². The molecule has 2 aliphatic rings. The maximum Gasteiger partial charge on any atom is 0.123 e. The second-order valence-corrected chi connectivity index (χ2v) is 5.89. The van der Waals surface area contributed by atoms with Gasteiger partial charge in [0, 0.05) is 37.3 Å². The molecule has 0 spiro atoms. The molecule has 0 aromatic heterocycles. The fraction of sp³-hybridized carbons (Fsp3) is 0.294. The molecule has 4 heteroatoms. The second kappa shape index (κ2) is 4.74. The highest BCUT2D eigenvalue weighted by Gasteiger charge is 2.28. The van der Waals surface area contributed by atoms with Crippen LogP contribution in [0.2, 0.25) is 0 Å². The van der Waals surface area contributed by atoms with Crippen LogP contribution in [-0.2, 0) is 19.5 Å². The molecule has 0 aliphatic carbocycles. The summed E-state index contributed by atoms with van der Waals surface area (Å²) in [6.45, 7) is 2.69. The molecule has 0 fully saturated rings. The van der Waals surface area contributed by atoms with Crippen molar-refractivity contribution in [3.05, 3.63) is 58.9 Å². The fourth-order valence-corrected chi connectivity index (χ4v) is 3.29. The van der Waals surface area contributed by atoms with Gasteiger partial charge in [0.1, 0.15) is 17.7 Å². The molecule has 4 rings (SSSR count). The molecule has 2 aliphatic heterocycles. The van der Waals surface area contributed by atoms with Crippen molar-refractivity contribution in [3.63, 3.8) is 0 Å². The lowest BCUT2D eigenvalue weighted by atomic mass is 10.1. The minimum atomic E-state index is -0.193. The van der Waals surface area contributed by atoms with Gasteiger partial charge >= 0.3 is 0 Å². The van der Waals surface area contributed by atoms with Gasteiger partial charge in [0.25, 0.3) is 0 Å². The number of fused-ring (bicyclic) bond motifs is 2. The van der Waals surface area contributed by atoms with Gasteiger partial charge in [-0.2, -0.15) is 0 Å². The van der Waals surface area contributed by atoms with Crippen molar-refractivity contribution in [2.75, 3.05) is 12.3 Å². The summed E-state index contributed by atoms with van der Waals surface area (Å²) in [6.07, 6.45) is 0.885. The summed E-state index contributed by atoms with van der Waals surface area (Å²) in [5.41, 5.74) is 10.3. The first-order valence-corrected chi connectivity index (χ1v) is 7.22. The Balaban J connectivity index is 1.43. The Labute approximate surface area is 123 Å². The largest absolute Gasteiger partial charge is 0.488 e. The molecular weight excluding hydrogens is 267 g/mol. The zero-order valence-corrected chi connectivity index (χ0v) is 11.7. The first-order chi connectivity index (χ1) is 10.2. The quantitative estimate of drug-likeness (QED) is 0.862. The first kappa shape index (κ1) is 12.7. The van der Waals surface area contributed by atoms with Crippen LogP contribution in [0.4, 0.5) is 10.1 Å². The van der Waals surface area contributed by atoms with E-state index in [1.807, 2.05) is 6.07 Å². The number of hydrogen-bond acceptors (Lipinski definition) is 3. The Kier molecular flexibility index (Phi) is 2.86. The van der Waals surface area contributed by atoms with Gasteiger partial charge < -0.3 is 10.5 Å². The van der Waals surface area contributed by atoms with Gasteiger partial charge in [0.15, 0.2) is 0 Å². The summed E-state index contributed by atoms with van der Waals surface area (Å²) in [6, 6.07) is 10.9. The molecule has 0 radical (unpaired) electrons. The summed E-state index contributed by atoms with van der Waals surface area (Å²) in [5, 5.41) is 0. The van der Waals surface area contributed by atoms with E-state index in [4.69, 9.17) is 10.5 Å². The van der Waals surface area contributed by atoms with E-state index in [2.05, 4.69) is 17.0 Å². The third-order valence-electron chi connectivity index (χ3n) is 4.24.